The number of carbonyl (C=O) groups excluding carboxylic acids is 4. The molecule has 8 nitrogen and oxygen atoms in total. The molecule has 0 saturated carbocycles. The van der Waals surface area contributed by atoms with Crippen molar-refractivity contribution >= 4 is 46.4 Å². The van der Waals surface area contributed by atoms with E-state index < -0.39 is 0 Å². The molecular weight excluding hydrogens is 456 g/mol. The van der Waals surface area contributed by atoms with Gasteiger partial charge in [-0.3, -0.25) is 19.2 Å². The van der Waals surface area contributed by atoms with Crippen LogP contribution in [0.15, 0.2) is 72.8 Å². The molecule has 36 heavy (non-hydrogen) atoms. The molecule has 0 atom stereocenters. The van der Waals surface area contributed by atoms with Crippen LogP contribution in [0.5, 0.6) is 0 Å². The zero-order chi connectivity index (χ0) is 25.1. The van der Waals surface area contributed by atoms with E-state index in [1.165, 1.54) is 0 Å². The lowest BCUT2D eigenvalue weighted by Gasteiger charge is -2.17. The van der Waals surface area contributed by atoms with E-state index in [0.29, 0.717) is 48.4 Å². The summed E-state index contributed by atoms with van der Waals surface area (Å²) in [4.78, 5) is 53.0. The number of nitrogens with zero attached hydrogens (tertiary/aromatic N) is 2. The lowest BCUT2D eigenvalue weighted by molar-refractivity contribution is -0.117. The highest BCUT2D eigenvalue weighted by molar-refractivity contribution is 6.08. The fraction of sp³-hybridized carbons (Fsp3) is 0.214. The van der Waals surface area contributed by atoms with Gasteiger partial charge in [0.1, 0.15) is 0 Å². The molecule has 8 heteroatoms. The predicted molar refractivity (Wildman–Crippen MR) is 138 cm³/mol. The normalized spacial score (nSPS) is 15.3. The SMILES string of the molecule is O=C(Nc1cccc(N2CCCC2=O)c1)c1ccc(C(=O)Nc2cccc(N3CCCC3=O)c2)cc1. The average molecular weight is 483 g/mol. The smallest absolute Gasteiger partial charge is 0.255 e. The molecule has 3 aromatic rings. The Hall–Kier alpha value is -4.46. The van der Waals surface area contributed by atoms with Gasteiger partial charge in [-0.05, 0) is 73.5 Å². The first-order chi connectivity index (χ1) is 17.5. The molecule has 0 radical (unpaired) electrons. The summed E-state index contributed by atoms with van der Waals surface area (Å²) in [5, 5.41) is 5.70. The van der Waals surface area contributed by atoms with Crippen molar-refractivity contribution in [3.8, 4) is 0 Å². The fourth-order valence-electron chi connectivity index (χ4n) is 4.52. The minimum Gasteiger partial charge on any atom is -0.322 e. The maximum atomic E-state index is 12.7. The maximum Gasteiger partial charge on any atom is 0.255 e. The largest absolute Gasteiger partial charge is 0.322 e. The molecule has 2 fully saturated rings. The van der Waals surface area contributed by atoms with Crippen LogP contribution in [0.2, 0.25) is 0 Å². The molecule has 0 aromatic heterocycles. The molecule has 2 saturated heterocycles. The third-order valence-electron chi connectivity index (χ3n) is 6.39. The molecule has 2 N–H and O–H groups in total. The third-order valence-corrected chi connectivity index (χ3v) is 6.39. The molecule has 2 heterocycles. The number of carbonyl (C=O) groups is 4. The minimum atomic E-state index is -0.310. The summed E-state index contributed by atoms with van der Waals surface area (Å²) in [6, 6.07) is 20.8. The van der Waals surface area contributed by atoms with E-state index in [1.807, 2.05) is 12.1 Å². The van der Waals surface area contributed by atoms with Crippen LogP contribution < -0.4 is 20.4 Å². The first kappa shape index (κ1) is 23.3. The van der Waals surface area contributed by atoms with Crippen LogP contribution in [0.25, 0.3) is 0 Å². The molecule has 0 aliphatic carbocycles. The van der Waals surface area contributed by atoms with Gasteiger partial charge in [0.05, 0.1) is 0 Å². The number of anilines is 4. The molecule has 2 aliphatic heterocycles. The molecule has 182 valence electrons. The number of amides is 4. The zero-order valence-corrected chi connectivity index (χ0v) is 19.7. The Labute approximate surface area is 208 Å². The van der Waals surface area contributed by atoms with Gasteiger partial charge in [-0.25, -0.2) is 0 Å². The van der Waals surface area contributed by atoms with Crippen LogP contribution in [-0.2, 0) is 9.59 Å². The summed E-state index contributed by atoms with van der Waals surface area (Å²) in [7, 11) is 0. The Morgan fingerprint density at radius 1 is 0.611 bits per heavy atom. The Kier molecular flexibility index (Phi) is 6.49. The highest BCUT2D eigenvalue weighted by Crippen LogP contribution is 2.26. The monoisotopic (exact) mass is 482 g/mol. The van der Waals surface area contributed by atoms with Crippen LogP contribution in [0.4, 0.5) is 22.7 Å². The molecular formula is C28H26N4O4. The lowest BCUT2D eigenvalue weighted by atomic mass is 10.1. The van der Waals surface area contributed by atoms with Gasteiger partial charge < -0.3 is 20.4 Å². The molecule has 4 amide bonds. The molecule has 0 bridgehead atoms. The van der Waals surface area contributed by atoms with Gasteiger partial charge in [-0.1, -0.05) is 12.1 Å². The van der Waals surface area contributed by atoms with Crippen molar-refractivity contribution in [2.75, 3.05) is 33.5 Å². The Morgan fingerprint density at radius 3 is 1.39 bits per heavy atom. The van der Waals surface area contributed by atoms with E-state index in [-0.39, 0.29) is 23.6 Å². The van der Waals surface area contributed by atoms with Crippen LogP contribution in [0.3, 0.4) is 0 Å². The zero-order valence-electron chi connectivity index (χ0n) is 19.7. The number of hydrogen-bond donors (Lipinski definition) is 2. The van der Waals surface area contributed by atoms with Gasteiger partial charge in [0.25, 0.3) is 11.8 Å². The van der Waals surface area contributed by atoms with Crippen LogP contribution in [0, 0.1) is 0 Å². The van der Waals surface area contributed by atoms with Gasteiger partial charge >= 0.3 is 0 Å². The van der Waals surface area contributed by atoms with E-state index in [0.717, 1.165) is 24.2 Å². The van der Waals surface area contributed by atoms with E-state index >= 15 is 0 Å². The summed E-state index contributed by atoms with van der Waals surface area (Å²) in [6.45, 7) is 1.36. The van der Waals surface area contributed by atoms with Gasteiger partial charge in [0, 0.05) is 59.8 Å². The molecule has 2 aliphatic rings. The Balaban J connectivity index is 1.22. The van der Waals surface area contributed by atoms with Gasteiger partial charge in [0.15, 0.2) is 0 Å². The summed E-state index contributed by atoms with van der Waals surface area (Å²) in [6.07, 6.45) is 2.75. The number of hydrogen-bond acceptors (Lipinski definition) is 4. The van der Waals surface area contributed by atoms with E-state index in [9.17, 15) is 19.2 Å². The average Bonchev–Trinajstić information content (AvgIpc) is 3.52. The molecule has 3 aromatic carbocycles. The second kappa shape index (κ2) is 10.0. The molecule has 0 spiro atoms. The van der Waals surface area contributed by atoms with Crippen molar-refractivity contribution in [2.24, 2.45) is 0 Å². The van der Waals surface area contributed by atoms with Crippen molar-refractivity contribution in [1.82, 2.24) is 0 Å². The predicted octanol–water partition coefficient (Wildman–Crippen LogP) is 4.44. The van der Waals surface area contributed by atoms with Crippen molar-refractivity contribution in [3.05, 3.63) is 83.9 Å². The van der Waals surface area contributed by atoms with Crippen molar-refractivity contribution in [3.63, 3.8) is 0 Å². The summed E-state index contributed by atoms with van der Waals surface area (Å²) in [5.74, 6) is -0.447. The van der Waals surface area contributed by atoms with Gasteiger partial charge in [-0.2, -0.15) is 0 Å². The van der Waals surface area contributed by atoms with Crippen molar-refractivity contribution < 1.29 is 19.2 Å². The van der Waals surface area contributed by atoms with Crippen molar-refractivity contribution in [1.29, 1.82) is 0 Å². The van der Waals surface area contributed by atoms with Crippen LogP contribution in [0.1, 0.15) is 46.4 Å². The number of nitrogens with one attached hydrogen (secondary N) is 2. The van der Waals surface area contributed by atoms with Gasteiger partial charge in [-0.15, -0.1) is 0 Å². The number of rotatable bonds is 6. The molecule has 5 rings (SSSR count). The quantitative estimate of drug-likeness (QED) is 0.543. The highest BCUT2D eigenvalue weighted by atomic mass is 16.2. The second-order valence-corrected chi connectivity index (χ2v) is 8.88. The van der Waals surface area contributed by atoms with E-state index in [1.54, 1.807) is 70.5 Å². The summed E-state index contributed by atoms with van der Waals surface area (Å²) in [5.41, 5.74) is 3.53. The topological polar surface area (TPSA) is 98.8 Å². The van der Waals surface area contributed by atoms with Crippen LogP contribution in [-0.4, -0.2) is 36.7 Å². The lowest BCUT2D eigenvalue weighted by Crippen LogP contribution is -2.23. The number of benzene rings is 3. The summed E-state index contributed by atoms with van der Waals surface area (Å²) >= 11 is 0. The van der Waals surface area contributed by atoms with Crippen molar-refractivity contribution in [2.45, 2.75) is 25.7 Å². The first-order valence-corrected chi connectivity index (χ1v) is 12.0. The Bertz CT molecular complexity index is 1230. The van der Waals surface area contributed by atoms with E-state index in [2.05, 4.69) is 10.6 Å². The van der Waals surface area contributed by atoms with Crippen LogP contribution >= 0.6 is 0 Å². The van der Waals surface area contributed by atoms with E-state index in [4.69, 9.17) is 0 Å². The fourth-order valence-corrected chi connectivity index (χ4v) is 4.52. The first-order valence-electron chi connectivity index (χ1n) is 12.0. The minimum absolute atomic E-state index is 0.0867. The Morgan fingerprint density at radius 2 is 1.03 bits per heavy atom. The second-order valence-electron chi connectivity index (χ2n) is 8.88. The maximum absolute atomic E-state index is 12.7. The third kappa shape index (κ3) is 4.98. The molecule has 0 unspecified atom stereocenters. The van der Waals surface area contributed by atoms with Gasteiger partial charge in [0.2, 0.25) is 11.8 Å². The highest BCUT2D eigenvalue weighted by Gasteiger charge is 2.23. The summed E-state index contributed by atoms with van der Waals surface area (Å²) < 4.78 is 0. The standard InChI is InChI=1S/C28H26N4O4/c33-25-9-3-15-31(25)23-7-1-5-21(17-23)29-27(35)19-11-13-20(14-12-19)28(36)30-22-6-2-8-24(18-22)32-16-4-10-26(32)34/h1-2,5-8,11-14,17-18H,3-4,9-10,15-16H2,(H,29,35)(H,30,36).